The third-order valence-electron chi connectivity index (χ3n) is 4.07. The van der Waals surface area contributed by atoms with E-state index in [1.165, 1.54) is 24.1 Å². The number of rotatable bonds is 6. The lowest BCUT2D eigenvalue weighted by Crippen LogP contribution is -2.29. The number of carbonyl (C=O) groups is 1. The van der Waals surface area contributed by atoms with Crippen molar-refractivity contribution in [2.75, 3.05) is 6.61 Å². The lowest BCUT2D eigenvalue weighted by molar-refractivity contribution is -0.153. The standard InChI is InChI=1S/C19H15F6N5O2/c1-11(16-27-10-28-30(16)15-4-2-3-5-26-15)29-17(31)12-6-13(19(23,24)25)8-14(7-12)32-9-18(20,21)22/h2-8,10-11H,9H2,1H3,(H,29,31). The molecule has 0 aliphatic carbocycles. The van der Waals surface area contributed by atoms with E-state index in [1.54, 1.807) is 18.2 Å². The van der Waals surface area contributed by atoms with Gasteiger partial charge in [0, 0.05) is 11.8 Å². The van der Waals surface area contributed by atoms with Crippen molar-refractivity contribution in [2.24, 2.45) is 0 Å². The van der Waals surface area contributed by atoms with Gasteiger partial charge in [-0.05, 0) is 37.3 Å². The summed E-state index contributed by atoms with van der Waals surface area (Å²) in [7, 11) is 0. The number of aromatic nitrogens is 4. The molecular weight excluding hydrogens is 444 g/mol. The molecule has 0 saturated carbocycles. The van der Waals surface area contributed by atoms with Crippen molar-refractivity contribution in [2.45, 2.75) is 25.3 Å². The molecule has 0 spiro atoms. The van der Waals surface area contributed by atoms with Crippen LogP contribution in [0.1, 0.15) is 34.7 Å². The average molecular weight is 459 g/mol. The Morgan fingerprint density at radius 3 is 2.50 bits per heavy atom. The monoisotopic (exact) mass is 459 g/mol. The van der Waals surface area contributed by atoms with Crippen LogP contribution in [0, 0.1) is 0 Å². The van der Waals surface area contributed by atoms with E-state index in [9.17, 15) is 31.1 Å². The maximum Gasteiger partial charge on any atom is 0.422 e. The number of benzene rings is 1. The van der Waals surface area contributed by atoms with Crippen LogP contribution in [0.5, 0.6) is 5.75 Å². The number of hydrogen-bond donors (Lipinski definition) is 1. The first-order valence-corrected chi connectivity index (χ1v) is 8.98. The van der Waals surface area contributed by atoms with Crippen molar-refractivity contribution in [1.82, 2.24) is 25.1 Å². The molecule has 0 bridgehead atoms. The van der Waals surface area contributed by atoms with Gasteiger partial charge >= 0.3 is 12.4 Å². The summed E-state index contributed by atoms with van der Waals surface area (Å²) in [6.45, 7) is -0.297. The van der Waals surface area contributed by atoms with Gasteiger partial charge in [0.2, 0.25) is 0 Å². The van der Waals surface area contributed by atoms with Crippen LogP contribution < -0.4 is 10.1 Å². The van der Waals surface area contributed by atoms with Gasteiger partial charge < -0.3 is 10.1 Å². The fourth-order valence-electron chi connectivity index (χ4n) is 2.69. The molecule has 7 nitrogen and oxygen atoms in total. The van der Waals surface area contributed by atoms with E-state index in [4.69, 9.17) is 0 Å². The summed E-state index contributed by atoms with van der Waals surface area (Å²) in [5.74, 6) is -1.09. The Bertz CT molecular complexity index is 1080. The summed E-state index contributed by atoms with van der Waals surface area (Å²) in [6.07, 6.45) is -6.95. The minimum Gasteiger partial charge on any atom is -0.484 e. The summed E-state index contributed by atoms with van der Waals surface area (Å²) in [5, 5.41) is 6.46. The van der Waals surface area contributed by atoms with Gasteiger partial charge in [0.15, 0.2) is 18.2 Å². The van der Waals surface area contributed by atoms with Crippen molar-refractivity contribution < 1.29 is 35.9 Å². The highest BCUT2D eigenvalue weighted by Gasteiger charge is 2.33. The average Bonchev–Trinajstić information content (AvgIpc) is 3.21. The first kappa shape index (κ1) is 23.0. The number of nitrogens with zero attached hydrogens (tertiary/aromatic N) is 4. The minimum atomic E-state index is -4.91. The molecule has 1 amide bonds. The molecule has 1 N–H and O–H groups in total. The second kappa shape index (κ2) is 8.85. The topological polar surface area (TPSA) is 81.9 Å². The predicted octanol–water partition coefficient (Wildman–Crippen LogP) is 4.11. The third-order valence-corrected chi connectivity index (χ3v) is 4.07. The van der Waals surface area contributed by atoms with Crippen LogP contribution in [0.3, 0.4) is 0 Å². The molecule has 0 fully saturated rings. The Kier molecular flexibility index (Phi) is 6.37. The zero-order valence-corrected chi connectivity index (χ0v) is 16.3. The SMILES string of the molecule is CC(NC(=O)c1cc(OCC(F)(F)F)cc(C(F)(F)F)c1)c1ncnn1-c1ccccn1. The molecule has 170 valence electrons. The van der Waals surface area contributed by atoms with E-state index in [-0.39, 0.29) is 5.82 Å². The summed E-state index contributed by atoms with van der Waals surface area (Å²) in [6, 6.07) is 5.88. The second-order valence-electron chi connectivity index (χ2n) is 6.56. The molecule has 1 unspecified atom stereocenters. The van der Waals surface area contributed by atoms with E-state index in [0.717, 1.165) is 6.07 Å². The molecule has 3 rings (SSSR count). The highest BCUT2D eigenvalue weighted by Crippen LogP contribution is 2.33. The summed E-state index contributed by atoms with van der Waals surface area (Å²) in [5.41, 5.74) is -1.86. The van der Waals surface area contributed by atoms with E-state index < -0.39 is 47.8 Å². The highest BCUT2D eigenvalue weighted by molar-refractivity contribution is 5.95. The largest absolute Gasteiger partial charge is 0.484 e. The van der Waals surface area contributed by atoms with Crippen molar-refractivity contribution >= 4 is 5.91 Å². The third kappa shape index (κ3) is 5.74. The van der Waals surface area contributed by atoms with Crippen LogP contribution in [0.25, 0.3) is 5.82 Å². The number of ether oxygens (including phenoxy) is 1. The van der Waals surface area contributed by atoms with Crippen LogP contribution in [0.15, 0.2) is 48.9 Å². The van der Waals surface area contributed by atoms with Gasteiger partial charge in [0.25, 0.3) is 5.91 Å². The second-order valence-corrected chi connectivity index (χ2v) is 6.56. The molecule has 0 aliphatic rings. The summed E-state index contributed by atoms with van der Waals surface area (Å²) >= 11 is 0. The van der Waals surface area contributed by atoms with E-state index >= 15 is 0 Å². The van der Waals surface area contributed by atoms with Gasteiger partial charge in [-0.3, -0.25) is 4.79 Å². The fourth-order valence-corrected chi connectivity index (χ4v) is 2.69. The Balaban J connectivity index is 1.85. The quantitative estimate of drug-likeness (QED) is 0.561. The number of carbonyl (C=O) groups excluding carboxylic acids is 1. The van der Waals surface area contributed by atoms with Gasteiger partial charge in [-0.15, -0.1) is 0 Å². The molecule has 32 heavy (non-hydrogen) atoms. The van der Waals surface area contributed by atoms with Crippen LogP contribution >= 0.6 is 0 Å². The lowest BCUT2D eigenvalue weighted by atomic mass is 10.1. The van der Waals surface area contributed by atoms with Gasteiger partial charge in [0.05, 0.1) is 11.6 Å². The Labute approximate surface area is 177 Å². The molecule has 0 saturated heterocycles. The zero-order valence-electron chi connectivity index (χ0n) is 16.3. The molecular formula is C19H15F6N5O2. The molecule has 1 aromatic carbocycles. The van der Waals surface area contributed by atoms with E-state index in [1.807, 2.05) is 0 Å². The van der Waals surface area contributed by atoms with Crippen LogP contribution in [0.4, 0.5) is 26.3 Å². The first-order valence-electron chi connectivity index (χ1n) is 8.98. The van der Waals surface area contributed by atoms with E-state index in [0.29, 0.717) is 18.0 Å². The molecule has 0 radical (unpaired) electrons. The van der Waals surface area contributed by atoms with Crippen molar-refractivity contribution in [1.29, 1.82) is 0 Å². The Hall–Kier alpha value is -3.64. The summed E-state index contributed by atoms with van der Waals surface area (Å²) < 4.78 is 82.4. The molecule has 13 heteroatoms. The number of nitrogens with one attached hydrogen (secondary N) is 1. The maximum atomic E-state index is 13.2. The van der Waals surface area contributed by atoms with Crippen molar-refractivity contribution in [3.05, 3.63) is 65.9 Å². The number of halogens is 6. The van der Waals surface area contributed by atoms with E-state index in [2.05, 4.69) is 25.1 Å². The van der Waals surface area contributed by atoms with Crippen molar-refractivity contribution in [3.63, 3.8) is 0 Å². The fraction of sp³-hybridized carbons (Fsp3) is 0.263. The minimum absolute atomic E-state index is 0.234. The van der Waals surface area contributed by atoms with Crippen LogP contribution in [-0.2, 0) is 6.18 Å². The maximum absolute atomic E-state index is 13.2. The van der Waals surface area contributed by atoms with Gasteiger partial charge in [0.1, 0.15) is 12.1 Å². The normalized spacial score (nSPS) is 13.0. The molecule has 2 aromatic heterocycles. The Morgan fingerprint density at radius 1 is 1.12 bits per heavy atom. The van der Waals surface area contributed by atoms with Crippen molar-refractivity contribution in [3.8, 4) is 11.6 Å². The van der Waals surface area contributed by atoms with Gasteiger partial charge in [-0.2, -0.15) is 36.1 Å². The van der Waals surface area contributed by atoms with Gasteiger partial charge in [-0.1, -0.05) is 6.07 Å². The number of alkyl halides is 6. The predicted molar refractivity (Wildman–Crippen MR) is 98.0 cm³/mol. The zero-order chi connectivity index (χ0) is 23.5. The number of amides is 1. The number of pyridine rings is 1. The van der Waals surface area contributed by atoms with Crippen LogP contribution in [-0.4, -0.2) is 38.4 Å². The first-order chi connectivity index (χ1) is 14.9. The molecule has 1 atom stereocenters. The molecule has 0 aliphatic heterocycles. The molecule has 2 heterocycles. The van der Waals surface area contributed by atoms with Crippen LogP contribution in [0.2, 0.25) is 0 Å². The van der Waals surface area contributed by atoms with Gasteiger partial charge in [-0.25, -0.2) is 9.97 Å². The Morgan fingerprint density at radius 2 is 1.88 bits per heavy atom. The molecule has 3 aromatic rings. The smallest absolute Gasteiger partial charge is 0.422 e. The number of hydrogen-bond acceptors (Lipinski definition) is 5. The highest BCUT2D eigenvalue weighted by atomic mass is 19.4. The lowest BCUT2D eigenvalue weighted by Gasteiger charge is -2.17. The summed E-state index contributed by atoms with van der Waals surface area (Å²) in [4.78, 5) is 20.7.